The smallest absolute Gasteiger partial charge is 0.352 e. The Hall–Kier alpha value is -3.31. The van der Waals surface area contributed by atoms with Gasteiger partial charge in [-0.3, -0.25) is 9.80 Å². The van der Waals surface area contributed by atoms with E-state index in [-0.39, 0.29) is 22.9 Å². The van der Waals surface area contributed by atoms with Gasteiger partial charge >= 0.3 is 11.9 Å². The number of rotatable bonds is 6. The number of quaternary nitrogens is 1. The Morgan fingerprint density at radius 2 is 1.56 bits per heavy atom. The number of nitrogens with one attached hydrogen (secondary N) is 1. The number of carbonyl (C=O) groups excluding carboxylic acids is 2. The summed E-state index contributed by atoms with van der Waals surface area (Å²) >= 11 is 0. The van der Waals surface area contributed by atoms with E-state index in [1.165, 1.54) is 22.0 Å². The maximum Gasteiger partial charge on any atom is 0.436 e. The molecule has 2 fully saturated rings. The molecule has 0 spiro atoms. The second-order valence-electron chi connectivity index (χ2n) is 10.8. The molecule has 10 heteroatoms. The predicted octanol–water partition coefficient (Wildman–Crippen LogP) is 4.18. The average molecular weight is 549 g/mol. The first-order valence-corrected chi connectivity index (χ1v) is 15.0. The SMILES string of the molecule is C[N+]1(c2ccc(S(=O)(=O)N3CCN(Cc4ccccc4)CC3)cc2)C(=O)c2[nH]ccc2N(C2CCCC2)C1=O. The van der Waals surface area contributed by atoms with E-state index in [9.17, 15) is 18.0 Å². The van der Waals surface area contributed by atoms with Crippen molar-refractivity contribution in [1.29, 1.82) is 0 Å². The van der Waals surface area contributed by atoms with E-state index >= 15 is 0 Å². The van der Waals surface area contributed by atoms with E-state index in [2.05, 4.69) is 22.0 Å². The number of H-pyrrole nitrogens is 1. The fourth-order valence-electron chi connectivity index (χ4n) is 6.14. The predicted molar refractivity (Wildman–Crippen MR) is 150 cm³/mol. The summed E-state index contributed by atoms with van der Waals surface area (Å²) < 4.78 is 27.9. The molecule has 3 amide bonds. The molecule has 1 atom stereocenters. The highest BCUT2D eigenvalue weighted by molar-refractivity contribution is 7.89. The Kier molecular flexibility index (Phi) is 6.66. The van der Waals surface area contributed by atoms with Crippen LogP contribution < -0.4 is 9.38 Å². The lowest BCUT2D eigenvalue weighted by atomic mass is 10.1. The molecule has 9 nitrogen and oxygen atoms in total. The standard InChI is InChI=1S/C29H33N5O4S/c1-34(28(35)27-26(15-16-30-27)33(29(34)36)23-9-5-6-10-23)24-11-13-25(14-12-24)39(37,38)32-19-17-31(18-20-32)21-22-7-3-2-4-8-22/h2-4,7-8,11-16,23H,5-6,9-10,17-21H2,1H3/p+1. The molecule has 6 rings (SSSR count). The fraction of sp³-hybridized carbons (Fsp3) is 0.379. The van der Waals surface area contributed by atoms with Crippen LogP contribution in [0.25, 0.3) is 0 Å². The number of fused-ring (bicyclic) bond motifs is 1. The number of nitrogens with zero attached hydrogens (tertiary/aromatic N) is 4. The number of aromatic nitrogens is 1. The van der Waals surface area contributed by atoms with Crippen LogP contribution >= 0.6 is 0 Å². The van der Waals surface area contributed by atoms with Crippen molar-refractivity contribution in [3.05, 3.63) is 78.1 Å². The molecule has 204 valence electrons. The quantitative estimate of drug-likeness (QED) is 0.467. The molecule has 1 aromatic heterocycles. The molecule has 0 radical (unpaired) electrons. The van der Waals surface area contributed by atoms with Crippen LogP contribution in [-0.4, -0.2) is 73.8 Å². The van der Waals surface area contributed by atoms with Gasteiger partial charge in [0.25, 0.3) is 0 Å². The van der Waals surface area contributed by atoms with Crippen LogP contribution in [0, 0.1) is 0 Å². The minimum absolute atomic E-state index is 0.0535. The van der Waals surface area contributed by atoms with Crippen molar-refractivity contribution in [2.24, 2.45) is 0 Å². The number of hydrogen-bond acceptors (Lipinski definition) is 5. The van der Waals surface area contributed by atoms with Crippen LogP contribution in [0.2, 0.25) is 0 Å². The minimum Gasteiger partial charge on any atom is -0.352 e. The van der Waals surface area contributed by atoms with Gasteiger partial charge in [-0.2, -0.15) is 4.31 Å². The number of urea groups is 1. The van der Waals surface area contributed by atoms with E-state index in [1.807, 2.05) is 18.2 Å². The monoisotopic (exact) mass is 548 g/mol. The molecule has 0 bridgehead atoms. The molecule has 1 saturated carbocycles. The molecule has 39 heavy (non-hydrogen) atoms. The maximum absolute atomic E-state index is 13.9. The van der Waals surface area contributed by atoms with E-state index in [4.69, 9.17) is 0 Å². The summed E-state index contributed by atoms with van der Waals surface area (Å²) in [5, 5.41) is 0. The lowest BCUT2D eigenvalue weighted by Crippen LogP contribution is -2.65. The molecule has 2 aliphatic heterocycles. The van der Waals surface area contributed by atoms with Crippen LogP contribution in [0.5, 0.6) is 0 Å². The van der Waals surface area contributed by atoms with Gasteiger partial charge in [0.05, 0.1) is 17.6 Å². The van der Waals surface area contributed by atoms with Gasteiger partial charge in [-0.15, -0.1) is 4.48 Å². The molecular weight excluding hydrogens is 514 g/mol. The van der Waals surface area contributed by atoms with Gasteiger partial charge in [0, 0.05) is 57.1 Å². The van der Waals surface area contributed by atoms with Crippen LogP contribution in [0.1, 0.15) is 41.7 Å². The van der Waals surface area contributed by atoms with Crippen molar-refractivity contribution in [1.82, 2.24) is 18.7 Å². The van der Waals surface area contributed by atoms with Crippen LogP contribution in [-0.2, 0) is 16.6 Å². The summed E-state index contributed by atoms with van der Waals surface area (Å²) in [5.41, 5.74) is 2.70. The number of benzene rings is 2. The Morgan fingerprint density at radius 3 is 2.23 bits per heavy atom. The highest BCUT2D eigenvalue weighted by Crippen LogP contribution is 2.40. The van der Waals surface area contributed by atoms with Gasteiger partial charge in [0.15, 0.2) is 5.69 Å². The Labute approximate surface area is 229 Å². The van der Waals surface area contributed by atoms with Crippen molar-refractivity contribution in [2.45, 2.75) is 43.2 Å². The van der Waals surface area contributed by atoms with Crippen LogP contribution in [0.15, 0.2) is 71.8 Å². The first-order chi connectivity index (χ1) is 18.8. The molecule has 1 N–H and O–H groups in total. The lowest BCUT2D eigenvalue weighted by Gasteiger charge is -2.39. The van der Waals surface area contributed by atoms with Gasteiger partial charge in [-0.1, -0.05) is 43.2 Å². The summed E-state index contributed by atoms with van der Waals surface area (Å²) in [4.78, 5) is 34.8. The third-order valence-electron chi connectivity index (χ3n) is 8.45. The summed E-state index contributed by atoms with van der Waals surface area (Å²) in [6.45, 7) is 2.92. The third kappa shape index (κ3) is 4.41. The van der Waals surface area contributed by atoms with E-state index in [1.54, 1.807) is 36.3 Å². The third-order valence-corrected chi connectivity index (χ3v) is 10.4. The first-order valence-electron chi connectivity index (χ1n) is 13.6. The van der Waals surface area contributed by atoms with E-state index in [0.717, 1.165) is 32.2 Å². The number of piperazine rings is 1. The highest BCUT2D eigenvalue weighted by atomic mass is 32.2. The summed E-state index contributed by atoms with van der Waals surface area (Å²) in [7, 11) is -2.10. The number of carbonyl (C=O) groups is 2. The molecule has 3 aliphatic rings. The summed E-state index contributed by atoms with van der Waals surface area (Å²) in [6.07, 6.45) is 5.61. The van der Waals surface area contributed by atoms with Gasteiger partial charge in [0.1, 0.15) is 5.69 Å². The molecule has 1 unspecified atom stereocenters. The molecule has 3 heterocycles. The van der Waals surface area contributed by atoms with Crippen molar-refractivity contribution < 1.29 is 18.0 Å². The minimum atomic E-state index is -3.70. The fourth-order valence-corrected chi connectivity index (χ4v) is 7.56. The Balaban J connectivity index is 1.21. The maximum atomic E-state index is 13.9. The number of imide groups is 1. The number of aromatic amines is 1. The Bertz CT molecular complexity index is 1470. The van der Waals surface area contributed by atoms with E-state index in [0.29, 0.717) is 43.2 Å². The van der Waals surface area contributed by atoms with Gasteiger partial charge in [-0.25, -0.2) is 18.0 Å². The summed E-state index contributed by atoms with van der Waals surface area (Å²) in [5.74, 6) is -0.348. The molecular formula is C29H34N5O4S+. The highest BCUT2D eigenvalue weighted by Gasteiger charge is 2.55. The van der Waals surface area contributed by atoms with Crippen molar-refractivity contribution in [3.8, 4) is 0 Å². The normalized spacial score (nSPS) is 23.4. The average Bonchev–Trinajstić information content (AvgIpc) is 3.66. The zero-order valence-corrected chi connectivity index (χ0v) is 22.9. The van der Waals surface area contributed by atoms with Gasteiger partial charge in [0.2, 0.25) is 10.0 Å². The van der Waals surface area contributed by atoms with E-state index < -0.39 is 14.5 Å². The second kappa shape index (κ2) is 10.0. The number of amides is 3. The zero-order chi connectivity index (χ0) is 27.2. The molecule has 1 aliphatic carbocycles. The first kappa shape index (κ1) is 25.9. The van der Waals surface area contributed by atoms with Gasteiger partial charge in [-0.05, 0) is 36.6 Å². The second-order valence-corrected chi connectivity index (χ2v) is 12.7. The topological polar surface area (TPSA) is 93.8 Å². The lowest BCUT2D eigenvalue weighted by molar-refractivity contribution is 0.0825. The van der Waals surface area contributed by atoms with Crippen molar-refractivity contribution >= 4 is 33.3 Å². The number of hydrogen-bond donors (Lipinski definition) is 1. The molecule has 3 aromatic rings. The van der Waals surface area contributed by atoms with Crippen molar-refractivity contribution in [2.75, 3.05) is 38.1 Å². The molecule has 2 aromatic carbocycles. The number of anilines is 1. The Morgan fingerprint density at radius 1 is 0.897 bits per heavy atom. The molecule has 1 saturated heterocycles. The summed E-state index contributed by atoms with van der Waals surface area (Å²) in [6, 6.07) is 18.0. The van der Waals surface area contributed by atoms with Gasteiger partial charge < -0.3 is 4.98 Å². The van der Waals surface area contributed by atoms with Crippen LogP contribution in [0.4, 0.5) is 16.2 Å². The van der Waals surface area contributed by atoms with Crippen LogP contribution in [0.3, 0.4) is 0 Å². The largest absolute Gasteiger partial charge is 0.436 e. The zero-order valence-electron chi connectivity index (χ0n) is 22.1. The number of sulfonamides is 1. The van der Waals surface area contributed by atoms with Crippen molar-refractivity contribution in [3.63, 3.8) is 0 Å².